The van der Waals surface area contributed by atoms with Crippen molar-refractivity contribution in [3.8, 4) is 5.69 Å². The van der Waals surface area contributed by atoms with Crippen molar-refractivity contribution in [2.45, 2.75) is 18.0 Å². The molecule has 1 heterocycles. The van der Waals surface area contributed by atoms with Gasteiger partial charge in [-0.1, -0.05) is 0 Å². The molecule has 9 nitrogen and oxygen atoms in total. The minimum absolute atomic E-state index is 0.0230. The molecule has 0 aliphatic rings. The number of carboxylic acid groups (broad SMARTS) is 1. The van der Waals surface area contributed by atoms with Crippen LogP contribution in [0.1, 0.15) is 16.1 Å². The molecule has 0 saturated heterocycles. The maximum Gasteiger partial charge on any atom is 0.411 e. The number of benzene rings is 1. The molecule has 0 fully saturated rings. The first-order valence-electron chi connectivity index (χ1n) is 7.17. The van der Waals surface area contributed by atoms with Crippen molar-refractivity contribution in [1.82, 2.24) is 20.1 Å². The molecule has 28 heavy (non-hydrogen) atoms. The Balaban J connectivity index is 2.58. The van der Waals surface area contributed by atoms with Gasteiger partial charge in [-0.15, -0.1) is 11.8 Å². The summed E-state index contributed by atoms with van der Waals surface area (Å²) >= 11 is 0.336. The molecule has 150 valence electrons. The Bertz CT molecular complexity index is 1060. The van der Waals surface area contributed by atoms with Crippen LogP contribution in [0.5, 0.6) is 0 Å². The number of nitrogens with zero attached hydrogens (tertiary/aromatic N) is 2. The normalized spacial score (nSPS) is 11.3. The predicted octanol–water partition coefficient (Wildman–Crippen LogP) is 1.43. The van der Waals surface area contributed by atoms with Gasteiger partial charge in [0, 0.05) is 4.90 Å². The standard InChI is InChI=1S/C14H10F4N4O5S/c1-5-2-6(15)7(3-8(5)28-4-14(16,17)18)22-12(25)19-10(23)9(21-22)11(24)20-13(26)27/h2-3H,4H2,1H3,(H,20,24)(H,26,27)(H,19,23,25). The fourth-order valence-corrected chi connectivity index (χ4v) is 2.79. The lowest BCUT2D eigenvalue weighted by Gasteiger charge is -2.12. The average Bonchev–Trinajstić information content (AvgIpc) is 2.53. The fraction of sp³-hybridized carbons (Fsp3) is 0.214. The molecule has 2 aromatic rings. The number of imide groups is 1. The van der Waals surface area contributed by atoms with E-state index in [1.165, 1.54) is 12.2 Å². The molecule has 0 radical (unpaired) electrons. The smallest absolute Gasteiger partial charge is 0.411 e. The third-order valence-corrected chi connectivity index (χ3v) is 4.35. The second-order valence-electron chi connectivity index (χ2n) is 5.25. The Hall–Kier alpha value is -3.16. The zero-order valence-electron chi connectivity index (χ0n) is 13.8. The third-order valence-electron chi connectivity index (χ3n) is 3.13. The van der Waals surface area contributed by atoms with Crippen molar-refractivity contribution in [2.24, 2.45) is 0 Å². The highest BCUT2D eigenvalue weighted by molar-refractivity contribution is 7.99. The van der Waals surface area contributed by atoms with Crippen molar-refractivity contribution >= 4 is 23.8 Å². The predicted molar refractivity (Wildman–Crippen MR) is 87.4 cm³/mol. The summed E-state index contributed by atoms with van der Waals surface area (Å²) in [5.74, 6) is -3.83. The highest BCUT2D eigenvalue weighted by atomic mass is 32.2. The lowest BCUT2D eigenvalue weighted by Crippen LogP contribution is -2.40. The van der Waals surface area contributed by atoms with Gasteiger partial charge in [-0.25, -0.2) is 14.0 Å². The van der Waals surface area contributed by atoms with E-state index < -0.39 is 52.4 Å². The maximum atomic E-state index is 14.3. The molecule has 0 aliphatic carbocycles. The number of rotatable bonds is 4. The van der Waals surface area contributed by atoms with Crippen LogP contribution >= 0.6 is 11.8 Å². The summed E-state index contributed by atoms with van der Waals surface area (Å²) in [6.07, 6.45) is -6.31. The van der Waals surface area contributed by atoms with E-state index in [1.54, 1.807) is 4.98 Å². The second-order valence-corrected chi connectivity index (χ2v) is 6.27. The SMILES string of the molecule is Cc1cc(F)c(-n2nc(C(=O)NC(=O)O)c(=O)[nH]c2=O)cc1SCC(F)(F)F. The summed E-state index contributed by atoms with van der Waals surface area (Å²) in [6, 6.07) is 1.75. The number of hydrogen-bond acceptors (Lipinski definition) is 6. The number of alkyl halides is 3. The number of halogens is 4. The lowest BCUT2D eigenvalue weighted by molar-refractivity contribution is -0.105. The number of thioether (sulfide) groups is 1. The number of H-pyrrole nitrogens is 1. The van der Waals surface area contributed by atoms with Crippen LogP contribution in [0.15, 0.2) is 26.6 Å². The minimum Gasteiger partial charge on any atom is -0.465 e. The quantitative estimate of drug-likeness (QED) is 0.501. The summed E-state index contributed by atoms with van der Waals surface area (Å²) in [4.78, 5) is 47.4. The molecule has 0 aliphatic heterocycles. The topological polar surface area (TPSA) is 134 Å². The van der Waals surface area contributed by atoms with Gasteiger partial charge < -0.3 is 5.11 Å². The van der Waals surface area contributed by atoms with E-state index in [9.17, 15) is 36.7 Å². The summed E-state index contributed by atoms with van der Waals surface area (Å²) in [5, 5.41) is 13.2. The van der Waals surface area contributed by atoms with Gasteiger partial charge in [0.2, 0.25) is 5.69 Å². The molecular formula is C14H10F4N4O5S. The molecule has 1 aromatic carbocycles. The van der Waals surface area contributed by atoms with Crippen LogP contribution in [0.3, 0.4) is 0 Å². The van der Waals surface area contributed by atoms with Gasteiger partial charge >= 0.3 is 18.0 Å². The van der Waals surface area contributed by atoms with E-state index in [2.05, 4.69) is 5.10 Å². The number of aromatic nitrogens is 3. The number of aryl methyl sites for hydroxylation is 1. The molecule has 3 N–H and O–H groups in total. The monoisotopic (exact) mass is 422 g/mol. The van der Waals surface area contributed by atoms with E-state index in [0.717, 1.165) is 12.1 Å². The molecular weight excluding hydrogens is 412 g/mol. The highest BCUT2D eigenvalue weighted by Crippen LogP contribution is 2.31. The molecule has 0 saturated carbocycles. The second kappa shape index (κ2) is 7.84. The first kappa shape index (κ1) is 21.1. The van der Waals surface area contributed by atoms with Gasteiger partial charge in [0.15, 0.2) is 0 Å². The third kappa shape index (κ3) is 4.97. The maximum absolute atomic E-state index is 14.3. The molecule has 0 bridgehead atoms. The number of nitrogens with one attached hydrogen (secondary N) is 2. The van der Waals surface area contributed by atoms with Crippen molar-refractivity contribution in [3.63, 3.8) is 0 Å². The van der Waals surface area contributed by atoms with E-state index in [4.69, 9.17) is 5.11 Å². The molecule has 0 unspecified atom stereocenters. The fourth-order valence-electron chi connectivity index (χ4n) is 1.99. The molecule has 2 amide bonds. The van der Waals surface area contributed by atoms with Crippen LogP contribution in [-0.4, -0.2) is 43.8 Å². The van der Waals surface area contributed by atoms with Gasteiger partial charge in [0.25, 0.3) is 11.5 Å². The number of carbonyl (C=O) groups is 2. The average molecular weight is 422 g/mol. The number of aromatic amines is 1. The molecule has 14 heteroatoms. The molecule has 0 spiro atoms. The first-order chi connectivity index (χ1) is 12.9. The summed E-state index contributed by atoms with van der Waals surface area (Å²) in [6.45, 7) is 1.35. The number of hydrogen-bond donors (Lipinski definition) is 3. The minimum atomic E-state index is -4.50. The van der Waals surface area contributed by atoms with E-state index >= 15 is 0 Å². The zero-order chi connectivity index (χ0) is 21.2. The first-order valence-corrected chi connectivity index (χ1v) is 8.15. The van der Waals surface area contributed by atoms with E-state index in [0.29, 0.717) is 11.8 Å². The summed E-state index contributed by atoms with van der Waals surface area (Å²) in [7, 11) is 0. The summed E-state index contributed by atoms with van der Waals surface area (Å²) in [5.41, 5.74) is -4.17. The van der Waals surface area contributed by atoms with Crippen LogP contribution in [0.2, 0.25) is 0 Å². The number of amides is 2. The molecule has 0 atom stereocenters. The van der Waals surface area contributed by atoms with Crippen molar-refractivity contribution in [3.05, 3.63) is 50.0 Å². The van der Waals surface area contributed by atoms with E-state index in [1.807, 2.05) is 0 Å². The van der Waals surface area contributed by atoms with Crippen molar-refractivity contribution in [2.75, 3.05) is 5.75 Å². The zero-order valence-corrected chi connectivity index (χ0v) is 14.6. The van der Waals surface area contributed by atoms with Gasteiger partial charge in [-0.3, -0.25) is 19.9 Å². The van der Waals surface area contributed by atoms with Gasteiger partial charge in [-0.05, 0) is 24.6 Å². The van der Waals surface area contributed by atoms with E-state index in [-0.39, 0.29) is 15.1 Å². The van der Waals surface area contributed by atoms with Crippen molar-refractivity contribution in [1.29, 1.82) is 0 Å². The van der Waals surface area contributed by atoms with Gasteiger partial charge in [0.1, 0.15) is 11.5 Å². The van der Waals surface area contributed by atoms with Crippen LogP contribution < -0.4 is 16.6 Å². The van der Waals surface area contributed by atoms with Crippen LogP contribution in [0.4, 0.5) is 22.4 Å². The largest absolute Gasteiger partial charge is 0.465 e. The van der Waals surface area contributed by atoms with Crippen LogP contribution in [0.25, 0.3) is 5.69 Å². The highest BCUT2D eigenvalue weighted by Gasteiger charge is 2.28. The molecule has 1 aromatic heterocycles. The lowest BCUT2D eigenvalue weighted by atomic mass is 10.2. The Kier molecular flexibility index (Phi) is 5.92. The Morgan fingerprint density at radius 2 is 1.96 bits per heavy atom. The Labute approximate surface area is 156 Å². The van der Waals surface area contributed by atoms with Crippen LogP contribution in [-0.2, 0) is 0 Å². The van der Waals surface area contributed by atoms with Crippen LogP contribution in [0, 0.1) is 12.7 Å². The molecule has 2 rings (SSSR count). The van der Waals surface area contributed by atoms with Gasteiger partial charge in [-0.2, -0.15) is 23.0 Å². The summed E-state index contributed by atoms with van der Waals surface area (Å²) < 4.78 is 51.8. The van der Waals surface area contributed by atoms with Gasteiger partial charge in [0.05, 0.1) is 5.75 Å². The van der Waals surface area contributed by atoms with Crippen molar-refractivity contribution < 1.29 is 32.3 Å². The Morgan fingerprint density at radius 1 is 1.32 bits per heavy atom. The Morgan fingerprint density at radius 3 is 2.54 bits per heavy atom. The number of carbonyl (C=O) groups excluding carboxylic acids is 1.